The van der Waals surface area contributed by atoms with Crippen molar-refractivity contribution in [3.63, 3.8) is 0 Å². The highest BCUT2D eigenvalue weighted by Gasteiger charge is 2.13. The third-order valence-electron chi connectivity index (χ3n) is 2.54. The van der Waals surface area contributed by atoms with E-state index in [9.17, 15) is 9.90 Å². The summed E-state index contributed by atoms with van der Waals surface area (Å²) < 4.78 is 10.7. The number of hydrogen-bond acceptors (Lipinski definition) is 4. The molecule has 0 aliphatic heterocycles. The van der Waals surface area contributed by atoms with Crippen LogP contribution in [0.2, 0.25) is 10.0 Å². The summed E-state index contributed by atoms with van der Waals surface area (Å²) in [6, 6.07) is 2.94. The fourth-order valence-corrected chi connectivity index (χ4v) is 2.08. The maximum Gasteiger partial charge on any atom is 0.153 e. The van der Waals surface area contributed by atoms with Gasteiger partial charge in [-0.1, -0.05) is 36.5 Å². The summed E-state index contributed by atoms with van der Waals surface area (Å²) in [5.74, 6) is 0.221. The second kappa shape index (κ2) is 9.19. The zero-order chi connectivity index (χ0) is 15.0. The lowest BCUT2D eigenvalue weighted by atomic mass is 10.2. The van der Waals surface area contributed by atoms with Gasteiger partial charge in [-0.05, 0) is 18.6 Å². The normalized spacial score (nSPS) is 12.2. The van der Waals surface area contributed by atoms with E-state index in [2.05, 4.69) is 6.92 Å². The standard InChI is InChI=1S/C14H18Cl2O4/c1-2-3-4-19-8-12(18)9-20-14-10(7-17)5-11(15)6-13(14)16/h5-7,12,18H,2-4,8-9H2,1H3. The summed E-state index contributed by atoms with van der Waals surface area (Å²) in [5.41, 5.74) is 0.251. The molecule has 112 valence electrons. The first-order valence-electron chi connectivity index (χ1n) is 6.41. The minimum Gasteiger partial charge on any atom is -0.488 e. The Hall–Kier alpha value is -0.810. The zero-order valence-electron chi connectivity index (χ0n) is 11.3. The van der Waals surface area contributed by atoms with Crippen molar-refractivity contribution in [1.82, 2.24) is 0 Å². The second-order valence-electron chi connectivity index (χ2n) is 4.32. The average Bonchev–Trinajstić information content (AvgIpc) is 2.41. The van der Waals surface area contributed by atoms with Crippen molar-refractivity contribution in [1.29, 1.82) is 0 Å². The van der Waals surface area contributed by atoms with Gasteiger partial charge >= 0.3 is 0 Å². The number of carbonyl (C=O) groups is 1. The van der Waals surface area contributed by atoms with Crippen molar-refractivity contribution >= 4 is 29.5 Å². The predicted molar refractivity (Wildman–Crippen MR) is 79.1 cm³/mol. The van der Waals surface area contributed by atoms with Crippen LogP contribution in [0.1, 0.15) is 30.1 Å². The number of carbonyl (C=O) groups excluding carboxylic acids is 1. The van der Waals surface area contributed by atoms with Gasteiger partial charge in [0.2, 0.25) is 0 Å². The number of benzene rings is 1. The molecule has 6 heteroatoms. The van der Waals surface area contributed by atoms with Crippen LogP contribution in [-0.4, -0.2) is 37.3 Å². The topological polar surface area (TPSA) is 55.8 Å². The molecule has 0 bridgehead atoms. The summed E-state index contributed by atoms with van der Waals surface area (Å²) >= 11 is 11.8. The Labute approximate surface area is 128 Å². The number of ether oxygens (including phenoxy) is 2. The molecule has 1 N–H and O–H groups in total. The maximum absolute atomic E-state index is 10.9. The highest BCUT2D eigenvalue weighted by atomic mass is 35.5. The SMILES string of the molecule is CCCCOCC(O)COc1c(Cl)cc(Cl)cc1C=O. The first-order valence-corrected chi connectivity index (χ1v) is 7.16. The van der Waals surface area contributed by atoms with Crippen LogP contribution in [0.4, 0.5) is 0 Å². The third kappa shape index (κ3) is 5.67. The quantitative estimate of drug-likeness (QED) is 0.560. The van der Waals surface area contributed by atoms with Gasteiger partial charge in [0.05, 0.1) is 17.2 Å². The minimum atomic E-state index is -0.780. The molecule has 0 saturated carbocycles. The van der Waals surface area contributed by atoms with E-state index in [1.807, 2.05) is 0 Å². The van der Waals surface area contributed by atoms with Crippen LogP contribution in [-0.2, 0) is 4.74 Å². The molecule has 0 amide bonds. The summed E-state index contributed by atoms with van der Waals surface area (Å²) in [7, 11) is 0. The van der Waals surface area contributed by atoms with E-state index in [0.717, 1.165) is 12.8 Å². The van der Waals surface area contributed by atoms with Gasteiger partial charge in [-0.2, -0.15) is 0 Å². The van der Waals surface area contributed by atoms with Crippen LogP contribution in [0.15, 0.2) is 12.1 Å². The Bertz CT molecular complexity index is 437. The lowest BCUT2D eigenvalue weighted by Crippen LogP contribution is -2.24. The van der Waals surface area contributed by atoms with Crippen molar-refractivity contribution in [3.8, 4) is 5.75 Å². The van der Waals surface area contributed by atoms with Gasteiger partial charge in [0.25, 0.3) is 0 Å². The largest absolute Gasteiger partial charge is 0.488 e. The molecule has 20 heavy (non-hydrogen) atoms. The maximum atomic E-state index is 10.9. The van der Waals surface area contributed by atoms with E-state index in [4.69, 9.17) is 32.7 Å². The summed E-state index contributed by atoms with van der Waals surface area (Å²) in [4.78, 5) is 10.9. The molecule has 0 aliphatic carbocycles. The fraction of sp³-hybridized carbons (Fsp3) is 0.500. The molecule has 1 rings (SSSR count). The number of rotatable bonds is 9. The molecule has 0 saturated heterocycles. The molecule has 1 unspecified atom stereocenters. The van der Waals surface area contributed by atoms with Crippen LogP contribution < -0.4 is 4.74 Å². The second-order valence-corrected chi connectivity index (χ2v) is 5.16. The molecule has 0 radical (unpaired) electrons. The molecular formula is C14H18Cl2O4. The molecule has 0 aromatic heterocycles. The van der Waals surface area contributed by atoms with Gasteiger partial charge < -0.3 is 14.6 Å². The number of hydrogen-bond donors (Lipinski definition) is 1. The predicted octanol–water partition coefficient (Wildman–Crippen LogP) is 3.36. The van der Waals surface area contributed by atoms with E-state index in [0.29, 0.717) is 17.9 Å². The minimum absolute atomic E-state index is 0.00564. The number of halogens is 2. The Balaban J connectivity index is 2.50. The number of aliphatic hydroxyl groups excluding tert-OH is 1. The molecule has 1 aromatic rings. The van der Waals surface area contributed by atoms with Gasteiger partial charge in [-0.25, -0.2) is 0 Å². The first-order chi connectivity index (χ1) is 9.58. The first kappa shape index (κ1) is 17.2. The van der Waals surface area contributed by atoms with Crippen LogP contribution in [0.3, 0.4) is 0 Å². The number of aldehydes is 1. The highest BCUT2D eigenvalue weighted by molar-refractivity contribution is 6.36. The fourth-order valence-electron chi connectivity index (χ4n) is 1.51. The summed E-state index contributed by atoms with van der Waals surface area (Å²) in [6.07, 6.45) is 1.82. The molecule has 0 heterocycles. The van der Waals surface area contributed by atoms with Gasteiger partial charge in [0.15, 0.2) is 6.29 Å². The van der Waals surface area contributed by atoms with Crippen LogP contribution >= 0.6 is 23.2 Å². The average molecular weight is 321 g/mol. The van der Waals surface area contributed by atoms with E-state index in [1.54, 1.807) is 0 Å². The monoisotopic (exact) mass is 320 g/mol. The molecule has 1 aromatic carbocycles. The molecule has 0 fully saturated rings. The van der Waals surface area contributed by atoms with Crippen molar-refractivity contribution < 1.29 is 19.4 Å². The Kier molecular flexibility index (Phi) is 7.92. The van der Waals surface area contributed by atoms with E-state index in [1.165, 1.54) is 12.1 Å². The zero-order valence-corrected chi connectivity index (χ0v) is 12.8. The summed E-state index contributed by atoms with van der Waals surface area (Å²) in [6.45, 7) is 2.84. The van der Waals surface area contributed by atoms with Gasteiger partial charge in [0.1, 0.15) is 18.5 Å². The summed E-state index contributed by atoms with van der Waals surface area (Å²) in [5, 5.41) is 10.3. The van der Waals surface area contributed by atoms with E-state index >= 15 is 0 Å². The molecule has 0 spiro atoms. The van der Waals surface area contributed by atoms with E-state index in [-0.39, 0.29) is 29.5 Å². The number of aliphatic hydroxyl groups is 1. The molecule has 0 aliphatic rings. The molecular weight excluding hydrogens is 303 g/mol. The Morgan fingerprint density at radius 1 is 1.35 bits per heavy atom. The lowest BCUT2D eigenvalue weighted by Gasteiger charge is -2.15. The number of unbranched alkanes of at least 4 members (excludes halogenated alkanes) is 1. The van der Waals surface area contributed by atoms with Gasteiger partial charge in [-0.3, -0.25) is 4.79 Å². The smallest absolute Gasteiger partial charge is 0.153 e. The van der Waals surface area contributed by atoms with Crippen LogP contribution in [0.25, 0.3) is 0 Å². The van der Waals surface area contributed by atoms with Crippen LogP contribution in [0.5, 0.6) is 5.75 Å². The van der Waals surface area contributed by atoms with Gasteiger partial charge in [-0.15, -0.1) is 0 Å². The Morgan fingerprint density at radius 2 is 2.10 bits per heavy atom. The molecule has 4 nitrogen and oxygen atoms in total. The van der Waals surface area contributed by atoms with Gasteiger partial charge in [0, 0.05) is 11.6 Å². The highest BCUT2D eigenvalue weighted by Crippen LogP contribution is 2.31. The van der Waals surface area contributed by atoms with Crippen molar-refractivity contribution in [2.45, 2.75) is 25.9 Å². The van der Waals surface area contributed by atoms with Crippen molar-refractivity contribution in [2.24, 2.45) is 0 Å². The lowest BCUT2D eigenvalue weighted by molar-refractivity contribution is 0.0112. The van der Waals surface area contributed by atoms with Crippen molar-refractivity contribution in [2.75, 3.05) is 19.8 Å². The Morgan fingerprint density at radius 3 is 2.75 bits per heavy atom. The van der Waals surface area contributed by atoms with E-state index < -0.39 is 6.10 Å². The third-order valence-corrected chi connectivity index (χ3v) is 3.04. The molecule has 1 atom stereocenters. The van der Waals surface area contributed by atoms with Crippen molar-refractivity contribution in [3.05, 3.63) is 27.7 Å². The van der Waals surface area contributed by atoms with Crippen LogP contribution in [0, 0.1) is 0 Å².